The lowest BCUT2D eigenvalue weighted by Gasteiger charge is -2.31. The number of halogens is 1. The Bertz CT molecular complexity index is 522. The van der Waals surface area contributed by atoms with Gasteiger partial charge in [-0.1, -0.05) is 6.92 Å². The normalized spacial score (nSPS) is 18.7. The van der Waals surface area contributed by atoms with Crippen LogP contribution in [0.4, 0.5) is 15.8 Å². The topological polar surface area (TPSA) is 67.6 Å². The minimum Gasteiger partial charge on any atom is -0.490 e. The number of nitrogens with two attached hydrogens (primary N) is 1. The average Bonchev–Trinajstić information content (AvgIpc) is 2.44. The molecule has 1 fully saturated rings. The molecule has 6 heteroatoms. The molecule has 0 spiro atoms. The van der Waals surface area contributed by atoms with Gasteiger partial charge in [0, 0.05) is 38.2 Å². The summed E-state index contributed by atoms with van der Waals surface area (Å²) in [5.41, 5.74) is 6.85. The number of carbonyl (C=O) groups is 1. The summed E-state index contributed by atoms with van der Waals surface area (Å²) in [5, 5.41) is 3.28. The molecule has 2 rings (SSSR count). The highest BCUT2D eigenvalue weighted by atomic mass is 19.1. The van der Waals surface area contributed by atoms with E-state index >= 15 is 0 Å². The fourth-order valence-electron chi connectivity index (χ4n) is 2.37. The van der Waals surface area contributed by atoms with Crippen LogP contribution in [0, 0.1) is 5.82 Å². The van der Waals surface area contributed by atoms with Crippen molar-refractivity contribution in [2.75, 3.05) is 31.2 Å². The van der Waals surface area contributed by atoms with E-state index in [0.717, 1.165) is 12.8 Å². The van der Waals surface area contributed by atoms with E-state index in [9.17, 15) is 9.18 Å². The third-order valence-corrected chi connectivity index (χ3v) is 3.55. The largest absolute Gasteiger partial charge is 0.490 e. The van der Waals surface area contributed by atoms with Crippen LogP contribution in [-0.2, 0) is 4.79 Å². The van der Waals surface area contributed by atoms with Gasteiger partial charge in [0.15, 0.2) is 11.6 Å². The van der Waals surface area contributed by atoms with Crippen LogP contribution in [0.5, 0.6) is 5.75 Å². The Morgan fingerprint density at radius 1 is 1.52 bits per heavy atom. The number of nitrogens with zero attached hydrogens (tertiary/aromatic N) is 1. The van der Waals surface area contributed by atoms with E-state index in [1.165, 1.54) is 6.07 Å². The molecule has 0 radical (unpaired) electrons. The van der Waals surface area contributed by atoms with Crippen molar-refractivity contribution in [2.45, 2.75) is 32.2 Å². The molecule has 116 valence electrons. The number of piperidine rings is 1. The highest BCUT2D eigenvalue weighted by molar-refractivity contribution is 5.77. The molecule has 1 heterocycles. The first-order valence-electron chi connectivity index (χ1n) is 7.23. The van der Waals surface area contributed by atoms with Gasteiger partial charge in [-0.05, 0) is 12.8 Å². The number of rotatable bonds is 5. The smallest absolute Gasteiger partial charge is 0.222 e. The summed E-state index contributed by atoms with van der Waals surface area (Å²) in [7, 11) is 1.78. The zero-order valence-electron chi connectivity index (χ0n) is 12.5. The molecule has 1 aliphatic heterocycles. The number of likely N-dealkylation sites (N-methyl/N-ethyl adjacent to an activating group) is 1. The Balaban J connectivity index is 2.10. The lowest BCUT2D eigenvalue weighted by Crippen LogP contribution is -2.43. The van der Waals surface area contributed by atoms with Gasteiger partial charge in [0.05, 0.1) is 18.0 Å². The Hall–Kier alpha value is -1.98. The molecule has 3 N–H and O–H groups in total. The van der Waals surface area contributed by atoms with Crippen LogP contribution in [0.2, 0.25) is 0 Å². The monoisotopic (exact) mass is 295 g/mol. The van der Waals surface area contributed by atoms with Crippen molar-refractivity contribution in [3.8, 4) is 5.75 Å². The predicted molar refractivity (Wildman–Crippen MR) is 80.9 cm³/mol. The zero-order chi connectivity index (χ0) is 15.4. The number of amides is 1. The van der Waals surface area contributed by atoms with Gasteiger partial charge in [-0.15, -0.1) is 0 Å². The molecular formula is C15H22FN3O2. The molecule has 1 atom stereocenters. The number of hydrogen-bond donors (Lipinski definition) is 2. The Morgan fingerprint density at radius 3 is 2.95 bits per heavy atom. The van der Waals surface area contributed by atoms with Gasteiger partial charge in [0.2, 0.25) is 5.91 Å². The second-order valence-corrected chi connectivity index (χ2v) is 5.37. The van der Waals surface area contributed by atoms with E-state index in [1.54, 1.807) is 18.0 Å². The summed E-state index contributed by atoms with van der Waals surface area (Å²) >= 11 is 0. The molecule has 1 saturated heterocycles. The molecular weight excluding hydrogens is 273 g/mol. The third kappa shape index (κ3) is 3.77. The van der Waals surface area contributed by atoms with Gasteiger partial charge in [-0.2, -0.15) is 0 Å². The van der Waals surface area contributed by atoms with E-state index in [0.29, 0.717) is 30.9 Å². The highest BCUT2D eigenvalue weighted by Gasteiger charge is 2.23. The Kier molecular flexibility index (Phi) is 4.88. The molecule has 1 unspecified atom stereocenters. The number of hydrogen-bond acceptors (Lipinski definition) is 4. The Morgan fingerprint density at radius 2 is 2.29 bits per heavy atom. The van der Waals surface area contributed by atoms with Crippen molar-refractivity contribution in [1.82, 2.24) is 4.90 Å². The standard InChI is InChI=1S/C15H22FN3O2/c1-3-6-21-14-8-13(12(17)7-11(14)16)18-10-4-5-15(20)19(2)9-10/h7-8,10,18H,3-6,9,17H2,1-2H3. The zero-order valence-corrected chi connectivity index (χ0v) is 12.5. The fraction of sp³-hybridized carbons (Fsp3) is 0.533. The SMILES string of the molecule is CCCOc1cc(NC2CCC(=O)N(C)C2)c(N)cc1F. The summed E-state index contributed by atoms with van der Waals surface area (Å²) in [6.45, 7) is 3.03. The van der Waals surface area contributed by atoms with E-state index in [1.807, 2.05) is 6.92 Å². The molecule has 0 saturated carbocycles. The van der Waals surface area contributed by atoms with E-state index in [-0.39, 0.29) is 17.7 Å². The van der Waals surface area contributed by atoms with Crippen LogP contribution < -0.4 is 15.8 Å². The van der Waals surface area contributed by atoms with E-state index in [2.05, 4.69) is 5.32 Å². The first-order chi connectivity index (χ1) is 10.0. The number of nitrogens with one attached hydrogen (secondary N) is 1. The van der Waals surface area contributed by atoms with Crippen molar-refractivity contribution in [1.29, 1.82) is 0 Å². The quantitative estimate of drug-likeness (QED) is 0.817. The Labute approximate surface area is 124 Å². The van der Waals surface area contributed by atoms with Crippen molar-refractivity contribution in [3.05, 3.63) is 17.9 Å². The maximum atomic E-state index is 13.8. The highest BCUT2D eigenvalue weighted by Crippen LogP contribution is 2.29. The van der Waals surface area contributed by atoms with Gasteiger partial charge >= 0.3 is 0 Å². The molecule has 0 aromatic heterocycles. The lowest BCUT2D eigenvalue weighted by atomic mass is 10.0. The van der Waals surface area contributed by atoms with Gasteiger partial charge < -0.3 is 20.7 Å². The molecule has 1 aromatic rings. The van der Waals surface area contributed by atoms with Gasteiger partial charge in [0.1, 0.15) is 0 Å². The van der Waals surface area contributed by atoms with Crippen molar-refractivity contribution in [3.63, 3.8) is 0 Å². The minimum absolute atomic E-state index is 0.111. The minimum atomic E-state index is -0.456. The van der Waals surface area contributed by atoms with Gasteiger partial charge in [-0.25, -0.2) is 4.39 Å². The maximum absolute atomic E-state index is 13.8. The molecule has 1 aliphatic rings. The molecule has 5 nitrogen and oxygen atoms in total. The number of anilines is 2. The van der Waals surface area contributed by atoms with E-state index < -0.39 is 5.82 Å². The molecule has 1 aromatic carbocycles. The van der Waals surface area contributed by atoms with Crippen molar-refractivity contribution < 1.29 is 13.9 Å². The van der Waals surface area contributed by atoms with Gasteiger partial charge in [0.25, 0.3) is 0 Å². The fourth-order valence-corrected chi connectivity index (χ4v) is 2.37. The van der Waals surface area contributed by atoms with Crippen LogP contribution in [-0.4, -0.2) is 37.0 Å². The molecule has 1 amide bonds. The number of likely N-dealkylation sites (tertiary alicyclic amines) is 1. The average molecular weight is 295 g/mol. The van der Waals surface area contributed by atoms with Crippen LogP contribution in [0.1, 0.15) is 26.2 Å². The van der Waals surface area contributed by atoms with Crippen LogP contribution in [0.15, 0.2) is 12.1 Å². The number of benzene rings is 1. The first-order valence-corrected chi connectivity index (χ1v) is 7.23. The number of carbonyl (C=O) groups excluding carboxylic acids is 1. The maximum Gasteiger partial charge on any atom is 0.222 e. The summed E-state index contributed by atoms with van der Waals surface area (Å²) in [6.07, 6.45) is 2.06. The predicted octanol–water partition coefficient (Wildman–Crippen LogP) is 2.23. The van der Waals surface area contributed by atoms with E-state index in [4.69, 9.17) is 10.5 Å². The lowest BCUT2D eigenvalue weighted by molar-refractivity contribution is -0.132. The molecule has 21 heavy (non-hydrogen) atoms. The molecule has 0 aliphatic carbocycles. The number of nitrogen functional groups attached to an aromatic ring is 1. The third-order valence-electron chi connectivity index (χ3n) is 3.55. The summed E-state index contributed by atoms with van der Waals surface area (Å²) in [5.74, 6) is -0.108. The van der Waals surface area contributed by atoms with Gasteiger partial charge in [-0.3, -0.25) is 4.79 Å². The van der Waals surface area contributed by atoms with Crippen molar-refractivity contribution in [2.24, 2.45) is 0 Å². The van der Waals surface area contributed by atoms with Crippen LogP contribution in [0.25, 0.3) is 0 Å². The van der Waals surface area contributed by atoms with Crippen molar-refractivity contribution >= 4 is 17.3 Å². The summed E-state index contributed by atoms with van der Waals surface area (Å²) in [4.78, 5) is 13.2. The molecule has 0 bridgehead atoms. The van der Waals surface area contributed by atoms with Crippen LogP contribution in [0.3, 0.4) is 0 Å². The second-order valence-electron chi connectivity index (χ2n) is 5.37. The summed E-state index contributed by atoms with van der Waals surface area (Å²) < 4.78 is 19.1. The number of ether oxygens (including phenoxy) is 1. The summed E-state index contributed by atoms with van der Waals surface area (Å²) in [6, 6.07) is 2.97. The first kappa shape index (κ1) is 15.4. The second kappa shape index (κ2) is 6.65. The van der Waals surface area contributed by atoms with Crippen LogP contribution >= 0.6 is 0 Å².